The van der Waals surface area contributed by atoms with E-state index < -0.39 is 0 Å². The Hall–Kier alpha value is -6.79. The molecule has 0 amide bonds. The van der Waals surface area contributed by atoms with Gasteiger partial charge in [0.2, 0.25) is 0 Å². The zero-order valence-electron chi connectivity index (χ0n) is 28.0. The second-order valence-electron chi connectivity index (χ2n) is 13.1. The minimum absolute atomic E-state index is 0.764. The van der Waals surface area contributed by atoms with E-state index in [4.69, 9.17) is 9.72 Å². The van der Waals surface area contributed by atoms with Gasteiger partial charge in [-0.2, -0.15) is 0 Å². The quantitative estimate of drug-likeness (QED) is 0.178. The van der Waals surface area contributed by atoms with Crippen LogP contribution in [0.25, 0.3) is 60.8 Å². The van der Waals surface area contributed by atoms with Gasteiger partial charge < -0.3 is 19.1 Å². The molecular weight excluding hydrogens is 627 g/mol. The van der Waals surface area contributed by atoms with Gasteiger partial charge in [0.25, 0.3) is 0 Å². The first-order valence-electron chi connectivity index (χ1n) is 17.2. The molecule has 6 heteroatoms. The van der Waals surface area contributed by atoms with E-state index in [1.165, 1.54) is 22.0 Å². The summed E-state index contributed by atoms with van der Waals surface area (Å²) in [5.41, 5.74) is 8.99. The molecule has 0 spiro atoms. The van der Waals surface area contributed by atoms with Crippen LogP contribution in [0.5, 0.6) is 11.5 Å². The number of benzene rings is 6. The zero-order chi connectivity index (χ0) is 33.9. The first kappa shape index (κ1) is 29.2. The lowest BCUT2D eigenvalue weighted by Crippen LogP contribution is -2.22. The molecule has 9 aromatic rings. The number of pyridine rings is 1. The van der Waals surface area contributed by atoms with E-state index in [1.54, 1.807) is 0 Å². The number of hydrogen-bond donors (Lipinski definition) is 0. The van der Waals surface area contributed by atoms with Crippen molar-refractivity contribution < 1.29 is 4.74 Å². The third-order valence-electron chi connectivity index (χ3n) is 9.94. The monoisotopic (exact) mass is 659 g/mol. The number of rotatable bonds is 6. The Morgan fingerprint density at radius 3 is 1.94 bits per heavy atom. The summed E-state index contributed by atoms with van der Waals surface area (Å²) in [6.07, 6.45) is 4.23. The van der Waals surface area contributed by atoms with Crippen LogP contribution in [0.3, 0.4) is 0 Å². The first-order chi connectivity index (χ1) is 25.2. The molecule has 1 aliphatic heterocycles. The predicted molar refractivity (Wildman–Crippen MR) is 209 cm³/mol. The number of aromatic nitrogens is 3. The van der Waals surface area contributed by atoms with Crippen LogP contribution in [0, 0.1) is 0 Å². The van der Waals surface area contributed by atoms with Gasteiger partial charge in [-0.3, -0.25) is 4.57 Å². The van der Waals surface area contributed by atoms with Crippen LogP contribution in [0.4, 0.5) is 5.69 Å². The van der Waals surface area contributed by atoms with Crippen molar-refractivity contribution in [3.63, 3.8) is 0 Å². The van der Waals surface area contributed by atoms with Crippen molar-refractivity contribution >= 4 is 55.0 Å². The molecule has 10 rings (SSSR count). The maximum absolute atomic E-state index is 6.60. The van der Waals surface area contributed by atoms with E-state index in [0.29, 0.717) is 0 Å². The molecule has 1 aliphatic rings. The fourth-order valence-electron chi connectivity index (χ4n) is 7.60. The predicted octanol–water partition coefficient (Wildman–Crippen LogP) is 10.8. The normalized spacial score (nSPS) is 13.2. The summed E-state index contributed by atoms with van der Waals surface area (Å²) in [6.45, 7) is 0.764. The van der Waals surface area contributed by atoms with Gasteiger partial charge in [0.1, 0.15) is 17.3 Å². The average molecular weight is 660 g/mol. The largest absolute Gasteiger partial charge is 0.457 e. The Morgan fingerprint density at radius 1 is 0.510 bits per heavy atom. The highest BCUT2D eigenvalue weighted by Crippen LogP contribution is 2.38. The summed E-state index contributed by atoms with van der Waals surface area (Å²) >= 11 is 0. The molecular formula is C45H33N5O. The van der Waals surface area contributed by atoms with Gasteiger partial charge in [0.15, 0.2) is 0 Å². The Balaban J connectivity index is 1.07. The molecule has 51 heavy (non-hydrogen) atoms. The van der Waals surface area contributed by atoms with Gasteiger partial charge in [-0.1, -0.05) is 91.0 Å². The van der Waals surface area contributed by atoms with Crippen molar-refractivity contribution in [1.29, 1.82) is 0 Å². The molecule has 3 aromatic heterocycles. The molecule has 6 aromatic carbocycles. The van der Waals surface area contributed by atoms with Crippen LogP contribution in [0.15, 0.2) is 170 Å². The summed E-state index contributed by atoms with van der Waals surface area (Å²) in [5.74, 6) is 2.40. The topological polar surface area (TPSA) is 38.5 Å². The first-order valence-corrected chi connectivity index (χ1v) is 17.2. The molecule has 4 heterocycles. The van der Waals surface area contributed by atoms with Gasteiger partial charge in [0, 0.05) is 70.6 Å². The molecule has 0 unspecified atom stereocenters. The van der Waals surface area contributed by atoms with Crippen LogP contribution < -0.4 is 9.64 Å². The van der Waals surface area contributed by atoms with Crippen molar-refractivity contribution in [3.05, 3.63) is 176 Å². The third-order valence-corrected chi connectivity index (χ3v) is 9.94. The molecule has 0 saturated heterocycles. The molecule has 0 radical (unpaired) electrons. The molecule has 0 aliphatic carbocycles. The van der Waals surface area contributed by atoms with E-state index in [9.17, 15) is 0 Å². The second kappa shape index (κ2) is 11.7. The smallest absolute Gasteiger partial charge is 0.139 e. The highest BCUT2D eigenvalue weighted by Gasteiger charge is 2.21. The van der Waals surface area contributed by atoms with Gasteiger partial charge in [0.05, 0.1) is 34.4 Å². The van der Waals surface area contributed by atoms with E-state index in [2.05, 4.69) is 184 Å². The van der Waals surface area contributed by atoms with Crippen LogP contribution >= 0.6 is 0 Å². The third kappa shape index (κ3) is 4.83. The Morgan fingerprint density at radius 2 is 1.14 bits per heavy atom. The fraction of sp³-hybridized carbons (Fsp3) is 0.0444. The minimum Gasteiger partial charge on any atom is -0.457 e. The minimum atomic E-state index is 0.764. The van der Waals surface area contributed by atoms with E-state index >= 15 is 0 Å². The van der Waals surface area contributed by atoms with E-state index in [-0.39, 0.29) is 0 Å². The summed E-state index contributed by atoms with van der Waals surface area (Å²) in [6, 6.07) is 55.0. The Bertz CT molecular complexity index is 2780. The van der Waals surface area contributed by atoms with Crippen LogP contribution in [0.2, 0.25) is 0 Å². The lowest BCUT2D eigenvalue weighted by molar-refractivity contribution is 0.482. The maximum atomic E-state index is 6.60. The highest BCUT2D eigenvalue weighted by molar-refractivity contribution is 6.11. The van der Waals surface area contributed by atoms with Crippen LogP contribution in [-0.2, 0) is 0 Å². The summed E-state index contributed by atoms with van der Waals surface area (Å²) in [5, 5.41) is 4.63. The van der Waals surface area contributed by atoms with Gasteiger partial charge in [-0.25, -0.2) is 4.98 Å². The molecule has 6 nitrogen and oxygen atoms in total. The SMILES string of the molecule is CN1CN(c2cccc(Oc3ccc4c5ccccc5n(-c5cc6c(cn5)c5ccccc5n6-c5ccccc5)c4c3)c2)C=C1c1ccccc1. The van der Waals surface area contributed by atoms with Gasteiger partial charge in [-0.05, 0) is 54.1 Å². The molecule has 0 bridgehead atoms. The molecule has 0 saturated carbocycles. The van der Waals surface area contributed by atoms with Crippen molar-refractivity contribution in [1.82, 2.24) is 19.0 Å². The molecule has 244 valence electrons. The second-order valence-corrected chi connectivity index (χ2v) is 13.1. The molecule has 0 N–H and O–H groups in total. The van der Waals surface area contributed by atoms with E-state index in [1.807, 2.05) is 12.3 Å². The summed E-state index contributed by atoms with van der Waals surface area (Å²) in [7, 11) is 2.13. The Kier molecular flexibility index (Phi) is 6.67. The number of fused-ring (bicyclic) bond motifs is 6. The number of hydrogen-bond acceptors (Lipinski definition) is 4. The Labute approximate surface area is 295 Å². The number of para-hydroxylation sites is 3. The van der Waals surface area contributed by atoms with Gasteiger partial charge >= 0.3 is 0 Å². The summed E-state index contributed by atoms with van der Waals surface area (Å²) < 4.78 is 11.2. The van der Waals surface area contributed by atoms with Crippen LogP contribution in [0.1, 0.15) is 5.56 Å². The fourth-order valence-corrected chi connectivity index (χ4v) is 7.60. The standard InChI is InChI=1S/C45H33N5O/c1-47-30-48(29-44(47)31-13-4-2-5-14-31)33-17-12-18-34(25-33)51-35-23-24-38-36-19-8-11-22-41(36)50(42(38)26-35)45-27-43-39(28-46-45)37-20-9-10-21-40(37)49(43)32-15-6-3-7-16-32/h2-29H,30H2,1H3. The van der Waals surface area contributed by atoms with Gasteiger partial charge in [-0.15, -0.1) is 0 Å². The summed E-state index contributed by atoms with van der Waals surface area (Å²) in [4.78, 5) is 9.63. The lowest BCUT2D eigenvalue weighted by Gasteiger charge is -2.20. The lowest BCUT2D eigenvalue weighted by atomic mass is 10.1. The zero-order valence-corrected chi connectivity index (χ0v) is 28.0. The average Bonchev–Trinajstić information content (AvgIpc) is 3.84. The molecule has 0 fully saturated rings. The number of ether oxygens (including phenoxy) is 1. The highest BCUT2D eigenvalue weighted by atomic mass is 16.5. The van der Waals surface area contributed by atoms with Crippen molar-refractivity contribution in [2.24, 2.45) is 0 Å². The van der Waals surface area contributed by atoms with Crippen molar-refractivity contribution in [2.45, 2.75) is 0 Å². The molecule has 0 atom stereocenters. The number of nitrogens with zero attached hydrogens (tertiary/aromatic N) is 5. The van der Waals surface area contributed by atoms with Crippen LogP contribution in [-0.4, -0.2) is 32.7 Å². The van der Waals surface area contributed by atoms with Crippen molar-refractivity contribution in [2.75, 3.05) is 18.6 Å². The van der Waals surface area contributed by atoms with Crippen molar-refractivity contribution in [3.8, 4) is 23.0 Å². The maximum Gasteiger partial charge on any atom is 0.139 e. The van der Waals surface area contributed by atoms with E-state index in [0.717, 1.165) is 68.2 Å². The number of anilines is 1.